The maximum absolute atomic E-state index is 10.5. The van der Waals surface area contributed by atoms with E-state index < -0.39 is 5.97 Å². The van der Waals surface area contributed by atoms with E-state index in [0.717, 1.165) is 12.2 Å². The summed E-state index contributed by atoms with van der Waals surface area (Å²) in [6.07, 6.45) is 0.848. The van der Waals surface area contributed by atoms with Crippen molar-refractivity contribution in [3.05, 3.63) is 5.82 Å². The van der Waals surface area contributed by atoms with Gasteiger partial charge in [0.15, 0.2) is 5.16 Å². The minimum Gasteiger partial charge on any atom is -0.481 e. The van der Waals surface area contributed by atoms with Crippen molar-refractivity contribution in [3.63, 3.8) is 0 Å². The zero-order valence-electron chi connectivity index (χ0n) is 11.6. The van der Waals surface area contributed by atoms with Crippen LogP contribution in [0.2, 0.25) is 0 Å². The summed E-state index contributed by atoms with van der Waals surface area (Å²) < 4.78 is 1.88. The van der Waals surface area contributed by atoms with Gasteiger partial charge in [0, 0.05) is 13.5 Å². The molecule has 0 aromatic carbocycles. The third-order valence-corrected chi connectivity index (χ3v) is 4.22. The molecule has 0 fully saturated rings. The number of aliphatic carboxylic acids is 1. The summed E-state index contributed by atoms with van der Waals surface area (Å²) in [5, 5.41) is 17.5. The van der Waals surface area contributed by atoms with Crippen LogP contribution in [-0.4, -0.2) is 31.6 Å². The Kier molecular flexibility index (Phi) is 4.78. The molecule has 6 heteroatoms. The lowest BCUT2D eigenvalue weighted by Gasteiger charge is -2.26. The highest BCUT2D eigenvalue weighted by atomic mass is 32.2. The van der Waals surface area contributed by atoms with E-state index in [2.05, 4.69) is 37.9 Å². The molecule has 0 bridgehead atoms. The van der Waals surface area contributed by atoms with Gasteiger partial charge < -0.3 is 9.67 Å². The van der Waals surface area contributed by atoms with Gasteiger partial charge in [-0.15, -0.1) is 10.2 Å². The fraction of sp³-hybridized carbons (Fsp3) is 0.750. The SMILES string of the molecule is CC(Cc1nnc(SCC(=O)O)n1C)C(C)(C)C. The molecular formula is C12H21N3O2S. The lowest BCUT2D eigenvalue weighted by Crippen LogP contribution is -2.21. The Labute approximate surface area is 112 Å². The minimum atomic E-state index is -0.840. The topological polar surface area (TPSA) is 68.0 Å². The average molecular weight is 271 g/mol. The van der Waals surface area contributed by atoms with E-state index in [9.17, 15) is 4.79 Å². The van der Waals surface area contributed by atoms with Crippen LogP contribution in [0.4, 0.5) is 0 Å². The van der Waals surface area contributed by atoms with Crippen molar-refractivity contribution in [2.45, 2.75) is 39.3 Å². The van der Waals surface area contributed by atoms with Gasteiger partial charge in [-0.2, -0.15) is 0 Å². The molecule has 0 aliphatic rings. The molecular weight excluding hydrogens is 250 g/mol. The van der Waals surface area contributed by atoms with Crippen LogP contribution in [0.1, 0.15) is 33.5 Å². The van der Waals surface area contributed by atoms with Gasteiger partial charge in [0.1, 0.15) is 5.82 Å². The molecule has 18 heavy (non-hydrogen) atoms. The van der Waals surface area contributed by atoms with Crippen LogP contribution in [0.25, 0.3) is 0 Å². The Hall–Kier alpha value is -1.04. The lowest BCUT2D eigenvalue weighted by molar-refractivity contribution is -0.133. The largest absolute Gasteiger partial charge is 0.481 e. The van der Waals surface area contributed by atoms with Crippen molar-refractivity contribution >= 4 is 17.7 Å². The number of carboxylic acids is 1. The van der Waals surface area contributed by atoms with Gasteiger partial charge in [-0.1, -0.05) is 39.5 Å². The van der Waals surface area contributed by atoms with Gasteiger partial charge in [0.05, 0.1) is 5.75 Å². The number of carbonyl (C=O) groups is 1. The second-order valence-electron chi connectivity index (χ2n) is 5.61. The summed E-state index contributed by atoms with van der Waals surface area (Å²) >= 11 is 1.20. The Bertz CT molecular complexity index is 423. The zero-order valence-corrected chi connectivity index (χ0v) is 12.4. The van der Waals surface area contributed by atoms with Gasteiger partial charge in [0.2, 0.25) is 0 Å². The van der Waals surface area contributed by atoms with Crippen LogP contribution in [0.3, 0.4) is 0 Å². The maximum Gasteiger partial charge on any atom is 0.313 e. The van der Waals surface area contributed by atoms with Crippen molar-refractivity contribution in [1.82, 2.24) is 14.8 Å². The van der Waals surface area contributed by atoms with Crippen LogP contribution in [0.5, 0.6) is 0 Å². The summed E-state index contributed by atoms with van der Waals surface area (Å²) in [6, 6.07) is 0. The summed E-state index contributed by atoms with van der Waals surface area (Å²) in [5.41, 5.74) is 0.223. The first-order valence-corrected chi connectivity index (χ1v) is 6.93. The number of carboxylic acid groups (broad SMARTS) is 1. The fourth-order valence-electron chi connectivity index (χ4n) is 1.35. The molecule has 0 aliphatic heterocycles. The first-order valence-electron chi connectivity index (χ1n) is 5.94. The van der Waals surface area contributed by atoms with Crippen molar-refractivity contribution in [2.24, 2.45) is 18.4 Å². The fourth-order valence-corrected chi connectivity index (χ4v) is 2.00. The number of hydrogen-bond donors (Lipinski definition) is 1. The molecule has 1 heterocycles. The number of nitrogens with zero attached hydrogens (tertiary/aromatic N) is 3. The predicted molar refractivity (Wildman–Crippen MR) is 71.7 cm³/mol. The van der Waals surface area contributed by atoms with Gasteiger partial charge in [0.25, 0.3) is 0 Å². The van der Waals surface area contributed by atoms with Gasteiger partial charge in [-0.3, -0.25) is 4.79 Å². The van der Waals surface area contributed by atoms with E-state index in [4.69, 9.17) is 5.11 Å². The summed E-state index contributed by atoms with van der Waals surface area (Å²) in [7, 11) is 1.88. The third-order valence-electron chi connectivity index (χ3n) is 3.22. The molecule has 1 N–H and O–H groups in total. The molecule has 1 atom stereocenters. The van der Waals surface area contributed by atoms with Gasteiger partial charge in [-0.05, 0) is 11.3 Å². The van der Waals surface area contributed by atoms with Crippen LogP contribution >= 0.6 is 11.8 Å². The highest BCUT2D eigenvalue weighted by molar-refractivity contribution is 7.99. The van der Waals surface area contributed by atoms with E-state index in [1.807, 2.05) is 11.6 Å². The molecule has 102 valence electrons. The molecule has 0 saturated heterocycles. The molecule has 5 nitrogen and oxygen atoms in total. The standard InChI is InChI=1S/C12H21N3O2S/c1-8(12(2,3)4)6-9-13-14-11(15(9)5)18-7-10(16)17/h8H,6-7H2,1-5H3,(H,16,17). The molecule has 0 amide bonds. The monoisotopic (exact) mass is 271 g/mol. The smallest absolute Gasteiger partial charge is 0.313 e. The number of hydrogen-bond acceptors (Lipinski definition) is 4. The summed E-state index contributed by atoms with van der Waals surface area (Å²) in [5.74, 6) is 0.566. The van der Waals surface area contributed by atoms with Crippen LogP contribution < -0.4 is 0 Å². The molecule has 0 radical (unpaired) electrons. The summed E-state index contributed by atoms with van der Waals surface area (Å²) in [4.78, 5) is 10.5. The molecule has 1 aromatic heterocycles. The summed E-state index contributed by atoms with van der Waals surface area (Å²) in [6.45, 7) is 8.80. The molecule has 0 aliphatic carbocycles. The first-order chi connectivity index (χ1) is 8.21. The highest BCUT2D eigenvalue weighted by Crippen LogP contribution is 2.28. The maximum atomic E-state index is 10.5. The molecule has 1 rings (SSSR count). The third kappa shape index (κ3) is 4.01. The lowest BCUT2D eigenvalue weighted by atomic mass is 9.80. The highest BCUT2D eigenvalue weighted by Gasteiger charge is 2.22. The van der Waals surface area contributed by atoms with E-state index >= 15 is 0 Å². The quantitative estimate of drug-likeness (QED) is 0.832. The Morgan fingerprint density at radius 3 is 2.56 bits per heavy atom. The number of thioether (sulfide) groups is 1. The van der Waals surface area contributed by atoms with E-state index in [1.54, 1.807) is 0 Å². The second kappa shape index (κ2) is 5.73. The van der Waals surface area contributed by atoms with Crippen molar-refractivity contribution in [1.29, 1.82) is 0 Å². The second-order valence-corrected chi connectivity index (χ2v) is 6.55. The first kappa shape index (κ1) is 15.0. The Morgan fingerprint density at radius 1 is 1.44 bits per heavy atom. The van der Waals surface area contributed by atoms with E-state index in [0.29, 0.717) is 11.1 Å². The number of rotatable bonds is 5. The molecule has 0 spiro atoms. The number of aromatic nitrogens is 3. The Morgan fingerprint density at radius 2 is 2.06 bits per heavy atom. The van der Waals surface area contributed by atoms with E-state index in [1.165, 1.54) is 11.8 Å². The normalized spacial score (nSPS) is 13.6. The van der Waals surface area contributed by atoms with Gasteiger partial charge >= 0.3 is 5.97 Å². The Balaban J connectivity index is 2.72. The van der Waals surface area contributed by atoms with Crippen molar-refractivity contribution in [3.8, 4) is 0 Å². The van der Waals surface area contributed by atoms with Crippen molar-refractivity contribution in [2.75, 3.05) is 5.75 Å². The van der Waals surface area contributed by atoms with Crippen LogP contribution in [0, 0.1) is 11.3 Å². The average Bonchev–Trinajstić information content (AvgIpc) is 2.56. The molecule has 1 unspecified atom stereocenters. The van der Waals surface area contributed by atoms with Crippen LogP contribution in [0.15, 0.2) is 5.16 Å². The van der Waals surface area contributed by atoms with E-state index in [-0.39, 0.29) is 11.2 Å². The minimum absolute atomic E-state index is 0.0147. The zero-order chi connectivity index (χ0) is 13.9. The van der Waals surface area contributed by atoms with Gasteiger partial charge in [-0.25, -0.2) is 0 Å². The van der Waals surface area contributed by atoms with Crippen LogP contribution in [-0.2, 0) is 18.3 Å². The van der Waals surface area contributed by atoms with Crippen molar-refractivity contribution < 1.29 is 9.90 Å². The molecule has 0 saturated carbocycles. The molecule has 1 aromatic rings. The predicted octanol–water partition coefficient (Wildman–Crippen LogP) is 2.22.